The standard InChI is InChI=1S/C13H24N2O/c1-10(11-3-4-11)8-15-12(16)7-13(9-14)5-2-6-13/h10-11H,2-9,14H2,1H3,(H,15,16). The molecular formula is C13H24N2O. The zero-order chi connectivity index (χ0) is 11.6. The molecule has 0 aromatic rings. The molecule has 16 heavy (non-hydrogen) atoms. The fraction of sp³-hybridized carbons (Fsp3) is 0.923. The van der Waals surface area contributed by atoms with Gasteiger partial charge in [-0.15, -0.1) is 0 Å². The zero-order valence-electron chi connectivity index (χ0n) is 10.3. The Morgan fingerprint density at radius 3 is 2.62 bits per heavy atom. The minimum atomic E-state index is 0.146. The highest BCUT2D eigenvalue weighted by atomic mass is 16.1. The molecule has 0 spiro atoms. The van der Waals surface area contributed by atoms with Crippen LogP contribution in [0.3, 0.4) is 0 Å². The summed E-state index contributed by atoms with van der Waals surface area (Å²) < 4.78 is 0. The average Bonchev–Trinajstić information content (AvgIpc) is 3.03. The minimum absolute atomic E-state index is 0.146. The lowest BCUT2D eigenvalue weighted by Crippen LogP contribution is -2.42. The molecule has 3 N–H and O–H groups in total. The van der Waals surface area contributed by atoms with Gasteiger partial charge in [0.15, 0.2) is 0 Å². The van der Waals surface area contributed by atoms with Crippen LogP contribution in [0.15, 0.2) is 0 Å². The van der Waals surface area contributed by atoms with Crippen LogP contribution < -0.4 is 11.1 Å². The van der Waals surface area contributed by atoms with Gasteiger partial charge >= 0.3 is 0 Å². The van der Waals surface area contributed by atoms with E-state index in [9.17, 15) is 4.79 Å². The molecular weight excluding hydrogens is 200 g/mol. The molecule has 0 aromatic carbocycles. The zero-order valence-corrected chi connectivity index (χ0v) is 10.3. The summed E-state index contributed by atoms with van der Waals surface area (Å²) in [7, 11) is 0. The summed E-state index contributed by atoms with van der Waals surface area (Å²) in [6.45, 7) is 3.75. The van der Waals surface area contributed by atoms with Crippen molar-refractivity contribution in [3.05, 3.63) is 0 Å². The van der Waals surface area contributed by atoms with E-state index in [0.29, 0.717) is 18.9 Å². The van der Waals surface area contributed by atoms with Gasteiger partial charge in [0.1, 0.15) is 0 Å². The van der Waals surface area contributed by atoms with Crippen LogP contribution in [0.4, 0.5) is 0 Å². The molecule has 0 aromatic heterocycles. The molecule has 2 fully saturated rings. The van der Waals surface area contributed by atoms with Crippen molar-refractivity contribution < 1.29 is 4.79 Å². The summed E-state index contributed by atoms with van der Waals surface area (Å²) in [5.74, 6) is 1.73. The fourth-order valence-corrected chi connectivity index (χ4v) is 2.64. The normalized spacial score (nSPS) is 24.6. The summed E-state index contributed by atoms with van der Waals surface area (Å²) in [6, 6.07) is 0. The molecule has 0 saturated heterocycles. The van der Waals surface area contributed by atoms with Crippen LogP contribution in [0, 0.1) is 17.3 Å². The third-order valence-electron chi connectivity index (χ3n) is 4.43. The van der Waals surface area contributed by atoms with Crippen molar-refractivity contribution in [3.63, 3.8) is 0 Å². The predicted molar refractivity (Wildman–Crippen MR) is 64.9 cm³/mol. The molecule has 0 aliphatic heterocycles. The van der Waals surface area contributed by atoms with Crippen LogP contribution in [0.25, 0.3) is 0 Å². The minimum Gasteiger partial charge on any atom is -0.356 e. The van der Waals surface area contributed by atoms with E-state index in [0.717, 1.165) is 25.3 Å². The van der Waals surface area contributed by atoms with Gasteiger partial charge in [-0.25, -0.2) is 0 Å². The first-order chi connectivity index (χ1) is 7.65. The van der Waals surface area contributed by atoms with Crippen molar-refractivity contribution >= 4 is 5.91 Å². The lowest BCUT2D eigenvalue weighted by Gasteiger charge is -2.40. The topological polar surface area (TPSA) is 55.1 Å². The van der Waals surface area contributed by atoms with Gasteiger partial charge in [-0.1, -0.05) is 13.3 Å². The molecule has 2 aliphatic carbocycles. The second kappa shape index (κ2) is 4.74. The highest BCUT2D eigenvalue weighted by Crippen LogP contribution is 2.42. The van der Waals surface area contributed by atoms with Crippen LogP contribution in [0.5, 0.6) is 0 Å². The van der Waals surface area contributed by atoms with Crippen molar-refractivity contribution in [2.45, 2.75) is 45.4 Å². The number of carbonyl (C=O) groups excluding carboxylic acids is 1. The van der Waals surface area contributed by atoms with Crippen molar-refractivity contribution in [1.82, 2.24) is 5.32 Å². The van der Waals surface area contributed by atoms with Gasteiger partial charge in [0.25, 0.3) is 0 Å². The van der Waals surface area contributed by atoms with E-state index in [4.69, 9.17) is 5.73 Å². The Labute approximate surface area is 98.2 Å². The molecule has 92 valence electrons. The molecule has 3 heteroatoms. The fourth-order valence-electron chi connectivity index (χ4n) is 2.64. The number of hydrogen-bond acceptors (Lipinski definition) is 2. The highest BCUT2D eigenvalue weighted by Gasteiger charge is 2.37. The van der Waals surface area contributed by atoms with Crippen LogP contribution in [-0.4, -0.2) is 19.0 Å². The second-order valence-electron chi connectivity index (χ2n) is 5.85. The maximum atomic E-state index is 11.8. The van der Waals surface area contributed by atoms with E-state index in [1.165, 1.54) is 19.3 Å². The van der Waals surface area contributed by atoms with Gasteiger partial charge < -0.3 is 11.1 Å². The summed E-state index contributed by atoms with van der Waals surface area (Å²) in [6.07, 6.45) is 6.85. The smallest absolute Gasteiger partial charge is 0.220 e. The Morgan fingerprint density at radius 2 is 2.19 bits per heavy atom. The molecule has 0 heterocycles. The number of amides is 1. The van der Waals surface area contributed by atoms with Crippen molar-refractivity contribution in [2.24, 2.45) is 23.0 Å². The maximum absolute atomic E-state index is 11.8. The Balaban J connectivity index is 1.67. The molecule has 2 aliphatic rings. The molecule has 3 nitrogen and oxygen atoms in total. The summed E-state index contributed by atoms with van der Waals surface area (Å²) >= 11 is 0. The Morgan fingerprint density at radius 1 is 1.50 bits per heavy atom. The lowest BCUT2D eigenvalue weighted by atomic mass is 9.66. The van der Waals surface area contributed by atoms with E-state index >= 15 is 0 Å². The van der Waals surface area contributed by atoms with E-state index in [1.807, 2.05) is 0 Å². The van der Waals surface area contributed by atoms with E-state index in [1.54, 1.807) is 0 Å². The van der Waals surface area contributed by atoms with Crippen LogP contribution in [-0.2, 0) is 4.79 Å². The van der Waals surface area contributed by atoms with Gasteiger partial charge in [-0.3, -0.25) is 4.79 Å². The molecule has 1 unspecified atom stereocenters. The number of nitrogens with two attached hydrogens (primary N) is 1. The first-order valence-corrected chi connectivity index (χ1v) is 6.62. The molecule has 2 rings (SSSR count). The van der Waals surface area contributed by atoms with Gasteiger partial charge in [0, 0.05) is 13.0 Å². The number of carbonyl (C=O) groups is 1. The molecule has 2 saturated carbocycles. The van der Waals surface area contributed by atoms with Crippen molar-refractivity contribution in [3.8, 4) is 0 Å². The molecule has 0 bridgehead atoms. The van der Waals surface area contributed by atoms with Crippen LogP contribution in [0.1, 0.15) is 45.4 Å². The van der Waals surface area contributed by atoms with E-state index < -0.39 is 0 Å². The van der Waals surface area contributed by atoms with E-state index in [-0.39, 0.29) is 11.3 Å². The largest absolute Gasteiger partial charge is 0.356 e. The van der Waals surface area contributed by atoms with Gasteiger partial charge in [0.2, 0.25) is 5.91 Å². The van der Waals surface area contributed by atoms with Gasteiger partial charge in [0.05, 0.1) is 0 Å². The molecule has 0 radical (unpaired) electrons. The number of hydrogen-bond donors (Lipinski definition) is 2. The Bertz CT molecular complexity index is 251. The maximum Gasteiger partial charge on any atom is 0.220 e. The van der Waals surface area contributed by atoms with Crippen molar-refractivity contribution in [2.75, 3.05) is 13.1 Å². The average molecular weight is 224 g/mol. The van der Waals surface area contributed by atoms with Crippen LogP contribution >= 0.6 is 0 Å². The predicted octanol–water partition coefficient (Wildman–Crippen LogP) is 1.67. The monoisotopic (exact) mass is 224 g/mol. The summed E-state index contributed by atoms with van der Waals surface area (Å²) in [5.41, 5.74) is 5.90. The SMILES string of the molecule is CC(CNC(=O)CC1(CN)CCC1)C1CC1. The van der Waals surface area contributed by atoms with Crippen LogP contribution in [0.2, 0.25) is 0 Å². The summed E-state index contributed by atoms with van der Waals surface area (Å²) in [5, 5.41) is 3.07. The first kappa shape index (κ1) is 11.9. The quantitative estimate of drug-likeness (QED) is 0.721. The third-order valence-corrected chi connectivity index (χ3v) is 4.43. The number of nitrogens with one attached hydrogen (secondary N) is 1. The third kappa shape index (κ3) is 2.76. The Kier molecular flexibility index (Phi) is 3.53. The van der Waals surface area contributed by atoms with Gasteiger partial charge in [-0.2, -0.15) is 0 Å². The molecule has 1 atom stereocenters. The Hall–Kier alpha value is -0.570. The van der Waals surface area contributed by atoms with Gasteiger partial charge in [-0.05, 0) is 49.5 Å². The first-order valence-electron chi connectivity index (χ1n) is 6.62. The van der Waals surface area contributed by atoms with Crippen molar-refractivity contribution in [1.29, 1.82) is 0 Å². The molecule has 1 amide bonds. The number of rotatable bonds is 6. The lowest BCUT2D eigenvalue weighted by molar-refractivity contribution is -0.124. The highest BCUT2D eigenvalue weighted by molar-refractivity contribution is 5.76. The van der Waals surface area contributed by atoms with E-state index in [2.05, 4.69) is 12.2 Å². The summed E-state index contributed by atoms with van der Waals surface area (Å²) in [4.78, 5) is 11.8. The second-order valence-corrected chi connectivity index (χ2v) is 5.85.